The average Bonchev–Trinajstić information content (AvgIpc) is 3.32. The summed E-state index contributed by atoms with van der Waals surface area (Å²) in [5.41, 5.74) is 4.12. The van der Waals surface area contributed by atoms with Crippen LogP contribution in [0.3, 0.4) is 0 Å². The van der Waals surface area contributed by atoms with Crippen molar-refractivity contribution in [2.24, 2.45) is 4.99 Å². The van der Waals surface area contributed by atoms with Gasteiger partial charge in [0.1, 0.15) is 5.76 Å². The first-order valence-electron chi connectivity index (χ1n) is 9.10. The lowest BCUT2D eigenvalue weighted by molar-refractivity contribution is 0.0563. The van der Waals surface area contributed by atoms with Gasteiger partial charge in [-0.05, 0) is 58.7 Å². The van der Waals surface area contributed by atoms with E-state index in [1.807, 2.05) is 49.7 Å². The first-order valence-corrected chi connectivity index (χ1v) is 9.89. The number of fused-ring (bicyclic) bond motifs is 1. The highest BCUT2D eigenvalue weighted by atomic mass is 79.9. The molecule has 0 saturated carbocycles. The Labute approximate surface area is 176 Å². The number of furan rings is 1. The number of hydrogen-bond acceptors (Lipinski definition) is 4. The van der Waals surface area contributed by atoms with Crippen LogP contribution in [0.2, 0.25) is 0 Å². The Hall–Kier alpha value is -3.12. The zero-order valence-corrected chi connectivity index (χ0v) is 17.6. The van der Waals surface area contributed by atoms with E-state index in [-0.39, 0.29) is 5.76 Å². The molecule has 0 aliphatic heterocycles. The van der Waals surface area contributed by atoms with Crippen molar-refractivity contribution in [2.75, 3.05) is 7.11 Å². The van der Waals surface area contributed by atoms with E-state index < -0.39 is 5.97 Å². The predicted octanol–water partition coefficient (Wildman–Crippen LogP) is 5.89. The fourth-order valence-electron chi connectivity index (χ4n) is 3.21. The minimum Gasteiger partial charge on any atom is -0.463 e. The molecule has 4 aromatic rings. The van der Waals surface area contributed by atoms with Crippen molar-refractivity contribution in [3.05, 3.63) is 87.9 Å². The van der Waals surface area contributed by atoms with E-state index in [1.54, 1.807) is 12.1 Å². The average molecular weight is 451 g/mol. The zero-order valence-electron chi connectivity index (χ0n) is 16.1. The molecule has 0 N–H and O–H groups in total. The van der Waals surface area contributed by atoms with Crippen molar-refractivity contribution < 1.29 is 13.9 Å². The van der Waals surface area contributed by atoms with Crippen LogP contribution in [0.1, 0.15) is 27.4 Å². The molecular formula is C23H19BrN2O3. The normalized spacial score (nSPS) is 11.4. The van der Waals surface area contributed by atoms with Crippen molar-refractivity contribution in [1.29, 1.82) is 0 Å². The van der Waals surface area contributed by atoms with E-state index in [1.165, 1.54) is 12.7 Å². The second-order valence-electron chi connectivity index (χ2n) is 6.70. The molecule has 0 radical (unpaired) electrons. The Morgan fingerprint density at radius 3 is 2.83 bits per heavy atom. The van der Waals surface area contributed by atoms with Gasteiger partial charge in [0.05, 0.1) is 19.3 Å². The highest BCUT2D eigenvalue weighted by Crippen LogP contribution is 2.27. The number of para-hydroxylation sites is 1. The molecule has 0 fully saturated rings. The fourth-order valence-corrected chi connectivity index (χ4v) is 3.80. The standard InChI is InChI=1S/C23H19BrN2O3/c1-15-7-9-20(19(24)11-15)25-12-16-13-26(21-6-4-3-5-18(16)21)14-17-8-10-22(29-17)23(27)28-2/h3-13H,14H2,1-2H3. The van der Waals surface area contributed by atoms with Crippen molar-refractivity contribution in [3.63, 3.8) is 0 Å². The Morgan fingerprint density at radius 2 is 2.03 bits per heavy atom. The topological polar surface area (TPSA) is 56.7 Å². The minimum atomic E-state index is -0.481. The zero-order chi connectivity index (χ0) is 20.4. The molecule has 0 atom stereocenters. The van der Waals surface area contributed by atoms with Crippen LogP contribution in [0.15, 0.2) is 74.7 Å². The maximum atomic E-state index is 11.6. The molecule has 0 amide bonds. The number of hydrogen-bond donors (Lipinski definition) is 0. The Morgan fingerprint density at radius 1 is 1.21 bits per heavy atom. The summed E-state index contributed by atoms with van der Waals surface area (Å²) in [6.45, 7) is 2.55. The Balaban J connectivity index is 1.67. The number of aliphatic imine (C=N–C) groups is 1. The molecule has 146 valence electrons. The van der Waals surface area contributed by atoms with Gasteiger partial charge in [0, 0.05) is 33.4 Å². The van der Waals surface area contributed by atoms with E-state index in [0.29, 0.717) is 12.3 Å². The van der Waals surface area contributed by atoms with Gasteiger partial charge in [-0.2, -0.15) is 0 Å². The number of esters is 1. The van der Waals surface area contributed by atoms with Crippen LogP contribution >= 0.6 is 15.9 Å². The summed E-state index contributed by atoms with van der Waals surface area (Å²) in [6, 6.07) is 17.6. The van der Waals surface area contributed by atoms with E-state index in [9.17, 15) is 4.79 Å². The molecule has 2 aromatic carbocycles. The van der Waals surface area contributed by atoms with Crippen molar-refractivity contribution in [2.45, 2.75) is 13.5 Å². The van der Waals surface area contributed by atoms with Crippen LogP contribution in [-0.4, -0.2) is 23.9 Å². The maximum absolute atomic E-state index is 11.6. The van der Waals surface area contributed by atoms with Gasteiger partial charge in [-0.1, -0.05) is 24.3 Å². The van der Waals surface area contributed by atoms with E-state index in [4.69, 9.17) is 9.15 Å². The second-order valence-corrected chi connectivity index (χ2v) is 7.55. The molecule has 0 spiro atoms. The molecule has 5 nitrogen and oxygen atoms in total. The van der Waals surface area contributed by atoms with Crippen LogP contribution in [0.5, 0.6) is 0 Å². The fraction of sp³-hybridized carbons (Fsp3) is 0.130. The highest BCUT2D eigenvalue weighted by Gasteiger charge is 2.13. The van der Waals surface area contributed by atoms with Gasteiger partial charge in [-0.15, -0.1) is 0 Å². The summed E-state index contributed by atoms with van der Waals surface area (Å²) in [5, 5.41) is 1.10. The van der Waals surface area contributed by atoms with Gasteiger partial charge >= 0.3 is 5.97 Å². The van der Waals surface area contributed by atoms with Gasteiger partial charge in [0.15, 0.2) is 0 Å². The number of benzene rings is 2. The highest BCUT2D eigenvalue weighted by molar-refractivity contribution is 9.10. The summed E-state index contributed by atoms with van der Waals surface area (Å²) in [7, 11) is 1.34. The summed E-state index contributed by atoms with van der Waals surface area (Å²) in [5.74, 6) is 0.394. The number of halogens is 1. The van der Waals surface area contributed by atoms with Crippen LogP contribution in [0.25, 0.3) is 10.9 Å². The van der Waals surface area contributed by atoms with Gasteiger partial charge in [-0.25, -0.2) is 4.79 Å². The Kier molecular flexibility index (Phi) is 5.36. The monoisotopic (exact) mass is 450 g/mol. The van der Waals surface area contributed by atoms with Crippen molar-refractivity contribution >= 4 is 44.7 Å². The van der Waals surface area contributed by atoms with Crippen LogP contribution < -0.4 is 0 Å². The molecule has 6 heteroatoms. The van der Waals surface area contributed by atoms with Gasteiger partial charge < -0.3 is 13.7 Å². The SMILES string of the molecule is COC(=O)c1ccc(Cn2cc(C=Nc3ccc(C)cc3Br)c3ccccc32)o1. The molecule has 0 unspecified atom stereocenters. The first kappa shape index (κ1) is 19.2. The largest absolute Gasteiger partial charge is 0.463 e. The number of methoxy groups -OCH3 is 1. The van der Waals surface area contributed by atoms with E-state index in [2.05, 4.69) is 37.6 Å². The number of aryl methyl sites for hydroxylation is 1. The maximum Gasteiger partial charge on any atom is 0.373 e. The molecule has 2 heterocycles. The quantitative estimate of drug-likeness (QED) is 0.281. The third kappa shape index (κ3) is 4.03. The number of nitrogens with zero attached hydrogens (tertiary/aromatic N) is 2. The lowest BCUT2D eigenvalue weighted by Gasteiger charge is -2.02. The lowest BCUT2D eigenvalue weighted by Crippen LogP contribution is -1.99. The first-order chi connectivity index (χ1) is 14.0. The third-order valence-corrected chi connectivity index (χ3v) is 5.27. The molecule has 0 aliphatic carbocycles. The van der Waals surface area contributed by atoms with Gasteiger partial charge in [-0.3, -0.25) is 4.99 Å². The van der Waals surface area contributed by atoms with Crippen LogP contribution in [0, 0.1) is 6.92 Å². The molecular weight excluding hydrogens is 432 g/mol. The summed E-state index contributed by atoms with van der Waals surface area (Å²) in [6.07, 6.45) is 3.91. The molecule has 29 heavy (non-hydrogen) atoms. The lowest BCUT2D eigenvalue weighted by atomic mass is 10.2. The summed E-state index contributed by atoms with van der Waals surface area (Å²) >= 11 is 3.57. The Bertz CT molecular complexity index is 1220. The van der Waals surface area contributed by atoms with Crippen LogP contribution in [-0.2, 0) is 11.3 Å². The second kappa shape index (κ2) is 8.09. The number of ether oxygens (including phenoxy) is 1. The minimum absolute atomic E-state index is 0.199. The third-order valence-electron chi connectivity index (χ3n) is 4.64. The summed E-state index contributed by atoms with van der Waals surface area (Å²) in [4.78, 5) is 16.3. The number of carbonyl (C=O) groups excluding carboxylic acids is 1. The van der Waals surface area contributed by atoms with E-state index >= 15 is 0 Å². The molecule has 4 rings (SSSR count). The molecule has 0 saturated heterocycles. The van der Waals surface area contributed by atoms with E-state index in [0.717, 1.165) is 26.6 Å². The van der Waals surface area contributed by atoms with Gasteiger partial charge in [0.25, 0.3) is 0 Å². The van der Waals surface area contributed by atoms with Gasteiger partial charge in [0.2, 0.25) is 5.76 Å². The van der Waals surface area contributed by atoms with Crippen molar-refractivity contribution in [1.82, 2.24) is 4.57 Å². The predicted molar refractivity (Wildman–Crippen MR) is 117 cm³/mol. The van der Waals surface area contributed by atoms with Crippen LogP contribution in [0.4, 0.5) is 5.69 Å². The smallest absolute Gasteiger partial charge is 0.373 e. The molecule has 0 aliphatic rings. The number of carbonyl (C=O) groups is 1. The number of aromatic nitrogens is 1. The van der Waals surface area contributed by atoms with Crippen molar-refractivity contribution in [3.8, 4) is 0 Å². The number of rotatable bonds is 5. The molecule has 0 bridgehead atoms. The molecule has 2 aromatic heterocycles. The summed E-state index contributed by atoms with van der Waals surface area (Å²) < 4.78 is 13.4.